The van der Waals surface area contributed by atoms with Crippen molar-refractivity contribution in [2.45, 2.75) is 6.04 Å². The van der Waals surface area contributed by atoms with Gasteiger partial charge in [-0.05, 0) is 23.6 Å². The number of furan rings is 1. The average Bonchev–Trinajstić information content (AvgIpc) is 3.36. The number of fused-ring (bicyclic) bond motifs is 1. The van der Waals surface area contributed by atoms with E-state index in [2.05, 4.69) is 46.2 Å². The molecule has 1 aliphatic rings. The minimum Gasteiger partial charge on any atom is -0.472 e. The molecule has 0 spiro atoms. The fourth-order valence-corrected chi connectivity index (χ4v) is 3.78. The van der Waals surface area contributed by atoms with Crippen LogP contribution in [0.5, 0.6) is 0 Å². The standard InChI is InChI=1S/C20H19N3O2S/c1-23-16(11-22-20(24)14-6-8-25-12-14)10-21-19(15-7-9-26-13-15)17-4-2-3-5-18(17)23/h2-9,12-13,16H,10-11H2,1H3,(H,22,24). The van der Waals surface area contributed by atoms with Gasteiger partial charge in [-0.3, -0.25) is 9.79 Å². The number of rotatable bonds is 4. The molecule has 0 saturated heterocycles. The number of benzene rings is 1. The van der Waals surface area contributed by atoms with E-state index in [1.807, 2.05) is 12.1 Å². The highest BCUT2D eigenvalue weighted by Gasteiger charge is 2.24. The summed E-state index contributed by atoms with van der Waals surface area (Å²) in [7, 11) is 2.06. The Kier molecular flexibility index (Phi) is 4.58. The molecule has 0 bridgehead atoms. The molecule has 132 valence electrons. The molecule has 0 saturated carbocycles. The third-order valence-corrected chi connectivity index (χ3v) is 5.31. The molecule has 2 aromatic heterocycles. The summed E-state index contributed by atoms with van der Waals surface area (Å²) in [4.78, 5) is 19.3. The number of carbonyl (C=O) groups excluding carboxylic acids is 1. The molecule has 4 rings (SSSR count). The topological polar surface area (TPSA) is 57.8 Å². The first-order valence-corrected chi connectivity index (χ1v) is 9.38. The predicted molar refractivity (Wildman–Crippen MR) is 104 cm³/mol. The molecule has 0 radical (unpaired) electrons. The van der Waals surface area contributed by atoms with E-state index < -0.39 is 0 Å². The zero-order chi connectivity index (χ0) is 17.9. The minimum atomic E-state index is -0.133. The van der Waals surface area contributed by atoms with Gasteiger partial charge in [-0.1, -0.05) is 18.2 Å². The Hall–Kier alpha value is -2.86. The number of hydrogen-bond acceptors (Lipinski definition) is 5. The van der Waals surface area contributed by atoms with Gasteiger partial charge in [0.25, 0.3) is 5.91 Å². The van der Waals surface area contributed by atoms with E-state index in [4.69, 9.17) is 9.41 Å². The van der Waals surface area contributed by atoms with Gasteiger partial charge in [-0.25, -0.2) is 0 Å². The number of thiophene rings is 1. The van der Waals surface area contributed by atoms with Crippen LogP contribution in [0.1, 0.15) is 21.5 Å². The van der Waals surface area contributed by atoms with E-state index in [-0.39, 0.29) is 11.9 Å². The van der Waals surface area contributed by atoms with Crippen LogP contribution in [0.3, 0.4) is 0 Å². The summed E-state index contributed by atoms with van der Waals surface area (Å²) >= 11 is 1.67. The quantitative estimate of drug-likeness (QED) is 0.771. The molecular weight excluding hydrogens is 346 g/mol. The lowest BCUT2D eigenvalue weighted by Gasteiger charge is -2.28. The zero-order valence-electron chi connectivity index (χ0n) is 14.4. The van der Waals surface area contributed by atoms with Gasteiger partial charge in [0.15, 0.2) is 0 Å². The molecule has 1 atom stereocenters. The molecular formula is C20H19N3O2S. The van der Waals surface area contributed by atoms with Crippen molar-refractivity contribution in [1.82, 2.24) is 5.32 Å². The van der Waals surface area contributed by atoms with Gasteiger partial charge < -0.3 is 14.6 Å². The van der Waals surface area contributed by atoms with E-state index in [1.165, 1.54) is 12.5 Å². The van der Waals surface area contributed by atoms with Crippen LogP contribution in [0.4, 0.5) is 5.69 Å². The summed E-state index contributed by atoms with van der Waals surface area (Å²) in [5, 5.41) is 7.17. The smallest absolute Gasteiger partial charge is 0.254 e. The van der Waals surface area contributed by atoms with Crippen molar-refractivity contribution in [2.75, 3.05) is 25.0 Å². The van der Waals surface area contributed by atoms with E-state index in [0.29, 0.717) is 18.7 Å². The third-order valence-electron chi connectivity index (χ3n) is 4.62. The fraction of sp³-hybridized carbons (Fsp3) is 0.200. The SMILES string of the molecule is CN1c2ccccc2C(c2ccsc2)=NCC1CNC(=O)c1ccoc1. The Morgan fingerprint density at radius 3 is 3.00 bits per heavy atom. The number of aliphatic imine (C=N–C) groups is 1. The molecule has 1 aromatic carbocycles. The van der Waals surface area contributed by atoms with Crippen molar-refractivity contribution in [1.29, 1.82) is 0 Å². The molecule has 1 unspecified atom stereocenters. The van der Waals surface area contributed by atoms with Crippen LogP contribution in [0, 0.1) is 0 Å². The average molecular weight is 365 g/mol. The van der Waals surface area contributed by atoms with Crippen LogP contribution in [0.25, 0.3) is 0 Å². The van der Waals surface area contributed by atoms with Gasteiger partial charge in [0.05, 0.1) is 30.1 Å². The lowest BCUT2D eigenvalue weighted by molar-refractivity contribution is 0.0951. The van der Waals surface area contributed by atoms with Gasteiger partial charge in [-0.2, -0.15) is 11.3 Å². The maximum Gasteiger partial charge on any atom is 0.254 e. The summed E-state index contributed by atoms with van der Waals surface area (Å²) in [6.07, 6.45) is 2.95. The Bertz CT molecular complexity index is 916. The first-order valence-electron chi connectivity index (χ1n) is 8.43. The highest BCUT2D eigenvalue weighted by molar-refractivity contribution is 7.08. The number of carbonyl (C=O) groups is 1. The summed E-state index contributed by atoms with van der Waals surface area (Å²) in [6.45, 7) is 1.12. The molecule has 26 heavy (non-hydrogen) atoms. The van der Waals surface area contributed by atoms with Crippen molar-refractivity contribution in [2.24, 2.45) is 4.99 Å². The summed E-state index contributed by atoms with van der Waals surface area (Å²) in [5.74, 6) is -0.133. The van der Waals surface area contributed by atoms with Crippen molar-refractivity contribution in [3.63, 3.8) is 0 Å². The Balaban J connectivity index is 1.59. The highest BCUT2D eigenvalue weighted by atomic mass is 32.1. The number of likely N-dealkylation sites (N-methyl/N-ethyl adjacent to an activating group) is 1. The second kappa shape index (κ2) is 7.17. The maximum atomic E-state index is 12.2. The van der Waals surface area contributed by atoms with Gasteiger partial charge >= 0.3 is 0 Å². The first kappa shape index (κ1) is 16.6. The lowest BCUT2D eigenvalue weighted by Crippen LogP contribution is -2.43. The van der Waals surface area contributed by atoms with E-state index in [1.54, 1.807) is 17.4 Å². The number of para-hydroxylation sites is 1. The first-order chi connectivity index (χ1) is 12.7. The second-order valence-corrected chi connectivity index (χ2v) is 6.99. The Morgan fingerprint density at radius 2 is 2.23 bits per heavy atom. The highest BCUT2D eigenvalue weighted by Crippen LogP contribution is 2.28. The summed E-state index contributed by atoms with van der Waals surface area (Å²) in [5.41, 5.74) is 4.93. The minimum absolute atomic E-state index is 0.0723. The maximum absolute atomic E-state index is 12.2. The van der Waals surface area contributed by atoms with Crippen LogP contribution in [-0.4, -0.2) is 37.8 Å². The molecule has 0 aliphatic carbocycles. The normalized spacial score (nSPS) is 16.6. The Morgan fingerprint density at radius 1 is 1.35 bits per heavy atom. The van der Waals surface area contributed by atoms with Crippen LogP contribution in [-0.2, 0) is 0 Å². The molecule has 5 nitrogen and oxygen atoms in total. The largest absolute Gasteiger partial charge is 0.472 e. The zero-order valence-corrected chi connectivity index (χ0v) is 15.2. The van der Waals surface area contributed by atoms with Gasteiger partial charge in [-0.15, -0.1) is 0 Å². The van der Waals surface area contributed by atoms with Crippen molar-refractivity contribution < 1.29 is 9.21 Å². The summed E-state index contributed by atoms with van der Waals surface area (Å²) < 4.78 is 4.98. The monoisotopic (exact) mass is 365 g/mol. The van der Waals surface area contributed by atoms with Crippen molar-refractivity contribution in [3.05, 3.63) is 76.4 Å². The van der Waals surface area contributed by atoms with E-state index in [9.17, 15) is 4.79 Å². The molecule has 1 amide bonds. The number of amides is 1. The molecule has 0 fully saturated rings. The van der Waals surface area contributed by atoms with Crippen LogP contribution < -0.4 is 10.2 Å². The number of anilines is 1. The molecule has 1 aliphatic heterocycles. The van der Waals surface area contributed by atoms with Crippen LogP contribution in [0.15, 0.2) is 69.1 Å². The van der Waals surface area contributed by atoms with Crippen LogP contribution >= 0.6 is 11.3 Å². The fourth-order valence-electron chi connectivity index (χ4n) is 3.14. The van der Waals surface area contributed by atoms with Crippen molar-refractivity contribution >= 4 is 28.6 Å². The molecule has 1 N–H and O–H groups in total. The van der Waals surface area contributed by atoms with E-state index in [0.717, 1.165) is 22.5 Å². The predicted octanol–water partition coefficient (Wildman–Crippen LogP) is 3.43. The number of benzodiazepines with no additional fused rings is 1. The second-order valence-electron chi connectivity index (χ2n) is 6.21. The van der Waals surface area contributed by atoms with Gasteiger partial charge in [0.2, 0.25) is 0 Å². The lowest BCUT2D eigenvalue weighted by atomic mass is 10.0. The van der Waals surface area contributed by atoms with Crippen molar-refractivity contribution in [3.8, 4) is 0 Å². The molecule has 3 heterocycles. The number of nitrogens with zero attached hydrogens (tertiary/aromatic N) is 2. The number of hydrogen-bond donors (Lipinski definition) is 1. The Labute approximate surface area is 156 Å². The summed E-state index contributed by atoms with van der Waals surface area (Å²) in [6, 6.07) is 12.1. The third kappa shape index (κ3) is 3.15. The van der Waals surface area contributed by atoms with E-state index >= 15 is 0 Å². The molecule has 3 aromatic rings. The van der Waals surface area contributed by atoms with Gasteiger partial charge in [0.1, 0.15) is 6.26 Å². The van der Waals surface area contributed by atoms with Gasteiger partial charge in [0, 0.05) is 35.8 Å². The number of nitrogens with one attached hydrogen (secondary N) is 1. The van der Waals surface area contributed by atoms with Crippen LogP contribution in [0.2, 0.25) is 0 Å². The molecule has 6 heteroatoms.